The fraction of sp³-hybridized carbons (Fsp3) is 0.333. The van der Waals surface area contributed by atoms with Crippen LogP contribution < -0.4 is 5.32 Å². The molecule has 0 aliphatic rings. The molecule has 0 spiro atoms. The molecule has 1 N–H and O–H groups in total. The van der Waals surface area contributed by atoms with Crippen LogP contribution in [0.25, 0.3) is 0 Å². The Morgan fingerprint density at radius 1 is 1.36 bits per heavy atom. The van der Waals surface area contributed by atoms with Crippen LogP contribution in [0.3, 0.4) is 0 Å². The van der Waals surface area contributed by atoms with E-state index < -0.39 is 0 Å². The lowest BCUT2D eigenvalue weighted by Crippen LogP contribution is -2.11. The third-order valence-corrected chi connectivity index (χ3v) is 3.81. The molecule has 2 rings (SSSR count). The summed E-state index contributed by atoms with van der Waals surface area (Å²) in [7, 11) is 1.48. The number of aryl methyl sites for hydroxylation is 1. The number of carbonyl (C=O) groups is 1. The maximum atomic E-state index is 12.1. The molecule has 0 bridgehead atoms. The second-order valence-electron chi connectivity index (χ2n) is 4.60. The Hall–Kier alpha value is -2.28. The van der Waals surface area contributed by atoms with Crippen LogP contribution in [0.2, 0.25) is 0 Å². The first kappa shape index (κ1) is 16.1. The number of unbranched alkanes of at least 4 members (excludes halogenated alkanes) is 1. The lowest BCUT2D eigenvalue weighted by Gasteiger charge is -2.01. The number of carbonyl (C=O) groups excluding carboxylic acids is 1. The number of hydrogen-bond donors (Lipinski definition) is 1. The van der Waals surface area contributed by atoms with Crippen LogP contribution in [-0.4, -0.2) is 29.4 Å². The lowest BCUT2D eigenvalue weighted by molar-refractivity contribution is 0.102. The highest BCUT2D eigenvalue weighted by Gasteiger charge is 2.10. The van der Waals surface area contributed by atoms with Gasteiger partial charge in [0.2, 0.25) is 5.13 Å². The van der Waals surface area contributed by atoms with Gasteiger partial charge in [-0.25, -0.2) is 0 Å². The number of nitrogens with zero attached hydrogens (tertiary/aromatic N) is 3. The van der Waals surface area contributed by atoms with Crippen molar-refractivity contribution in [3.63, 3.8) is 0 Å². The van der Waals surface area contributed by atoms with Crippen LogP contribution in [0.5, 0.6) is 0 Å². The summed E-state index contributed by atoms with van der Waals surface area (Å²) in [6, 6.07) is 7.05. The highest BCUT2D eigenvalue weighted by Crippen LogP contribution is 2.18. The number of benzene rings is 1. The Bertz CT molecular complexity index is 637. The van der Waals surface area contributed by atoms with Gasteiger partial charge >= 0.3 is 0 Å². The Morgan fingerprint density at radius 3 is 2.82 bits per heavy atom. The van der Waals surface area contributed by atoms with Crippen molar-refractivity contribution < 1.29 is 9.63 Å². The first-order chi connectivity index (χ1) is 10.7. The molecular weight excluding hydrogens is 300 g/mol. The van der Waals surface area contributed by atoms with Crippen LogP contribution >= 0.6 is 11.3 Å². The first-order valence-electron chi connectivity index (χ1n) is 7.03. The largest absolute Gasteiger partial charge is 0.399 e. The average Bonchev–Trinajstić information content (AvgIpc) is 2.98. The zero-order valence-corrected chi connectivity index (χ0v) is 13.4. The van der Waals surface area contributed by atoms with E-state index in [0.29, 0.717) is 10.7 Å². The summed E-state index contributed by atoms with van der Waals surface area (Å²) in [6.07, 6.45) is 4.66. The number of hydrogen-bond acceptors (Lipinski definition) is 6. The van der Waals surface area contributed by atoms with Crippen molar-refractivity contribution in [2.45, 2.75) is 26.2 Å². The van der Waals surface area contributed by atoms with Crippen molar-refractivity contribution in [2.75, 3.05) is 12.4 Å². The minimum Gasteiger partial charge on any atom is -0.399 e. The summed E-state index contributed by atoms with van der Waals surface area (Å²) in [5.74, 6) is -0.201. The van der Waals surface area contributed by atoms with Gasteiger partial charge in [-0.3, -0.25) is 10.1 Å². The predicted molar refractivity (Wildman–Crippen MR) is 87.5 cm³/mol. The molecule has 1 heterocycles. The third kappa shape index (κ3) is 4.63. The van der Waals surface area contributed by atoms with Crippen molar-refractivity contribution in [1.82, 2.24) is 10.2 Å². The van der Waals surface area contributed by atoms with E-state index in [4.69, 9.17) is 0 Å². The summed E-state index contributed by atoms with van der Waals surface area (Å²) in [4.78, 5) is 16.7. The molecule has 0 radical (unpaired) electrons. The molecule has 0 aliphatic heterocycles. The molecule has 0 atom stereocenters. The van der Waals surface area contributed by atoms with Crippen LogP contribution in [0.15, 0.2) is 29.4 Å². The number of anilines is 1. The van der Waals surface area contributed by atoms with Crippen molar-refractivity contribution in [3.8, 4) is 0 Å². The zero-order valence-electron chi connectivity index (χ0n) is 12.6. The molecule has 2 aromatic rings. The summed E-state index contributed by atoms with van der Waals surface area (Å²) >= 11 is 1.42. The van der Waals surface area contributed by atoms with E-state index in [1.807, 2.05) is 0 Å². The number of aromatic nitrogens is 2. The van der Waals surface area contributed by atoms with Gasteiger partial charge in [0.15, 0.2) is 0 Å². The van der Waals surface area contributed by atoms with E-state index in [-0.39, 0.29) is 5.91 Å². The molecule has 1 amide bonds. The van der Waals surface area contributed by atoms with Gasteiger partial charge in [0, 0.05) is 12.0 Å². The lowest BCUT2D eigenvalue weighted by atomic mass is 10.1. The molecular formula is C15H18N4O2S. The fourth-order valence-electron chi connectivity index (χ4n) is 1.74. The Morgan fingerprint density at radius 2 is 2.14 bits per heavy atom. The zero-order chi connectivity index (χ0) is 15.8. The van der Waals surface area contributed by atoms with E-state index in [0.717, 1.165) is 29.8 Å². The summed E-state index contributed by atoms with van der Waals surface area (Å²) < 4.78 is 0. The smallest absolute Gasteiger partial charge is 0.257 e. The number of oxime groups is 1. The van der Waals surface area contributed by atoms with Crippen molar-refractivity contribution in [3.05, 3.63) is 40.4 Å². The molecule has 0 aliphatic carbocycles. The molecule has 0 saturated carbocycles. The van der Waals surface area contributed by atoms with Gasteiger partial charge in [0.25, 0.3) is 5.91 Å². The standard InChI is InChI=1S/C15H18N4O2S/c1-3-4-5-13-18-19-15(22-13)17-14(20)12-8-6-11(7-9-12)10-16-21-2/h6-10H,3-5H2,1-2H3,(H,17,19,20)/b16-10+. The highest BCUT2D eigenvalue weighted by atomic mass is 32.1. The fourth-order valence-corrected chi connectivity index (χ4v) is 2.51. The van der Waals surface area contributed by atoms with Crippen molar-refractivity contribution >= 4 is 28.6 Å². The predicted octanol–water partition coefficient (Wildman–Crippen LogP) is 3.11. The van der Waals surface area contributed by atoms with Gasteiger partial charge in [0.05, 0.1) is 6.21 Å². The number of nitrogens with one attached hydrogen (secondary N) is 1. The molecule has 0 fully saturated rings. The van der Waals surface area contributed by atoms with Crippen molar-refractivity contribution in [2.24, 2.45) is 5.16 Å². The van der Waals surface area contributed by atoms with Gasteiger partial charge in [0.1, 0.15) is 12.1 Å². The maximum absolute atomic E-state index is 12.1. The SMILES string of the molecule is CCCCc1nnc(NC(=O)c2ccc(/C=N/OC)cc2)s1. The van der Waals surface area contributed by atoms with E-state index in [1.54, 1.807) is 30.5 Å². The average molecular weight is 318 g/mol. The van der Waals surface area contributed by atoms with Gasteiger partial charge in [-0.05, 0) is 24.1 Å². The summed E-state index contributed by atoms with van der Waals surface area (Å²) in [5, 5.41) is 16.0. The second kappa shape index (κ2) is 8.23. The molecule has 1 aromatic heterocycles. The Balaban J connectivity index is 1.96. The summed E-state index contributed by atoms with van der Waals surface area (Å²) in [5.41, 5.74) is 1.41. The number of rotatable bonds is 7. The molecule has 0 unspecified atom stereocenters. The topological polar surface area (TPSA) is 76.5 Å². The van der Waals surface area contributed by atoms with Gasteiger partial charge in [-0.15, -0.1) is 10.2 Å². The van der Waals surface area contributed by atoms with Gasteiger partial charge in [-0.2, -0.15) is 0 Å². The van der Waals surface area contributed by atoms with Crippen LogP contribution in [-0.2, 0) is 11.3 Å². The second-order valence-corrected chi connectivity index (χ2v) is 5.66. The molecule has 22 heavy (non-hydrogen) atoms. The summed E-state index contributed by atoms with van der Waals surface area (Å²) in [6.45, 7) is 2.13. The highest BCUT2D eigenvalue weighted by molar-refractivity contribution is 7.15. The van der Waals surface area contributed by atoms with E-state index in [9.17, 15) is 4.79 Å². The normalized spacial score (nSPS) is 10.8. The quantitative estimate of drug-likeness (QED) is 0.628. The van der Waals surface area contributed by atoms with Crippen molar-refractivity contribution in [1.29, 1.82) is 0 Å². The van der Waals surface area contributed by atoms with Gasteiger partial charge in [-0.1, -0.05) is 42.0 Å². The van der Waals surface area contributed by atoms with Crippen LogP contribution in [0.4, 0.5) is 5.13 Å². The maximum Gasteiger partial charge on any atom is 0.257 e. The van der Waals surface area contributed by atoms with E-state index in [1.165, 1.54) is 18.4 Å². The van der Waals surface area contributed by atoms with E-state index >= 15 is 0 Å². The molecule has 0 saturated heterocycles. The molecule has 116 valence electrons. The first-order valence-corrected chi connectivity index (χ1v) is 7.85. The monoisotopic (exact) mass is 318 g/mol. The van der Waals surface area contributed by atoms with Gasteiger partial charge < -0.3 is 4.84 Å². The molecule has 1 aromatic carbocycles. The van der Waals surface area contributed by atoms with Crippen LogP contribution in [0, 0.1) is 0 Å². The number of amides is 1. The Kier molecular flexibility index (Phi) is 6.02. The van der Waals surface area contributed by atoms with E-state index in [2.05, 4.69) is 32.4 Å². The molecule has 7 heteroatoms. The molecule has 6 nitrogen and oxygen atoms in total. The third-order valence-electron chi connectivity index (χ3n) is 2.91. The van der Waals surface area contributed by atoms with Crippen LogP contribution in [0.1, 0.15) is 40.7 Å². The minimum absolute atomic E-state index is 0.201. The minimum atomic E-state index is -0.201. The Labute approximate surface area is 133 Å².